The molecule has 0 unspecified atom stereocenters. The first-order chi connectivity index (χ1) is 7.27. The maximum atomic E-state index is 11.6. The second-order valence-corrected chi connectivity index (χ2v) is 3.89. The molecule has 4 nitrogen and oxygen atoms in total. The monoisotopic (exact) mass is 225 g/mol. The summed E-state index contributed by atoms with van der Waals surface area (Å²) in [4.78, 5) is 15.7. The highest BCUT2D eigenvalue weighted by atomic mass is 32.2. The number of thioether (sulfide) groups is 1. The highest BCUT2D eigenvalue weighted by Gasteiger charge is 2.06. The molecule has 5 heteroatoms. The number of carbonyl (C=O) groups excluding carboxylic acids is 1. The van der Waals surface area contributed by atoms with E-state index in [-0.39, 0.29) is 5.91 Å². The summed E-state index contributed by atoms with van der Waals surface area (Å²) in [5.41, 5.74) is 0.447. The Morgan fingerprint density at radius 3 is 3.00 bits per heavy atom. The highest BCUT2D eigenvalue weighted by Crippen LogP contribution is 2.03. The van der Waals surface area contributed by atoms with Crippen LogP contribution in [0.25, 0.3) is 0 Å². The van der Waals surface area contributed by atoms with E-state index >= 15 is 0 Å². The first kappa shape index (κ1) is 11.8. The molecule has 0 bridgehead atoms. The predicted octanol–water partition coefficient (Wildman–Crippen LogP) is 1.22. The third-order valence-corrected chi connectivity index (χ3v) is 2.44. The number of hydrogen-bond donors (Lipinski definition) is 2. The minimum Gasteiger partial charge on any atom is -0.373 e. The lowest BCUT2D eigenvalue weighted by Crippen LogP contribution is -2.26. The Balaban J connectivity index is 2.57. The summed E-state index contributed by atoms with van der Waals surface area (Å²) >= 11 is 1.70. The largest absolute Gasteiger partial charge is 0.373 e. The smallest absolute Gasteiger partial charge is 0.269 e. The second-order valence-electron chi connectivity index (χ2n) is 2.91. The number of aromatic nitrogens is 1. The SMILES string of the molecule is CNc1cccc(C(=O)NCCSC)n1. The van der Waals surface area contributed by atoms with Crippen molar-refractivity contribution in [1.29, 1.82) is 0 Å². The third-order valence-electron chi connectivity index (χ3n) is 1.83. The molecule has 1 aromatic heterocycles. The number of anilines is 1. The van der Waals surface area contributed by atoms with E-state index in [1.807, 2.05) is 18.4 Å². The van der Waals surface area contributed by atoms with Crippen molar-refractivity contribution in [2.75, 3.05) is 30.9 Å². The summed E-state index contributed by atoms with van der Waals surface area (Å²) < 4.78 is 0. The lowest BCUT2D eigenvalue weighted by atomic mass is 10.3. The standard InChI is InChI=1S/C10H15N3OS/c1-11-9-5-3-4-8(13-9)10(14)12-6-7-15-2/h3-5H,6-7H2,1-2H3,(H,11,13)(H,12,14). The zero-order chi connectivity index (χ0) is 11.1. The van der Waals surface area contributed by atoms with E-state index in [9.17, 15) is 4.79 Å². The fraction of sp³-hybridized carbons (Fsp3) is 0.400. The molecule has 1 heterocycles. The molecule has 0 saturated carbocycles. The van der Waals surface area contributed by atoms with Crippen molar-refractivity contribution < 1.29 is 4.79 Å². The Bertz CT molecular complexity index is 330. The van der Waals surface area contributed by atoms with Gasteiger partial charge in [0.15, 0.2) is 0 Å². The Morgan fingerprint density at radius 1 is 1.53 bits per heavy atom. The maximum absolute atomic E-state index is 11.6. The van der Waals surface area contributed by atoms with Crippen LogP contribution >= 0.6 is 11.8 Å². The number of rotatable bonds is 5. The van der Waals surface area contributed by atoms with Crippen LogP contribution in [-0.4, -0.2) is 36.5 Å². The van der Waals surface area contributed by atoms with Crippen LogP contribution in [0.2, 0.25) is 0 Å². The minimum atomic E-state index is -0.124. The van der Waals surface area contributed by atoms with E-state index in [4.69, 9.17) is 0 Å². The van der Waals surface area contributed by atoms with Gasteiger partial charge in [0.05, 0.1) is 0 Å². The fourth-order valence-electron chi connectivity index (χ4n) is 1.06. The van der Waals surface area contributed by atoms with Crippen molar-refractivity contribution in [2.45, 2.75) is 0 Å². The van der Waals surface area contributed by atoms with Crippen LogP contribution in [0.1, 0.15) is 10.5 Å². The van der Waals surface area contributed by atoms with Gasteiger partial charge >= 0.3 is 0 Å². The lowest BCUT2D eigenvalue weighted by molar-refractivity contribution is 0.0951. The molecular formula is C10H15N3OS. The van der Waals surface area contributed by atoms with Crippen LogP contribution < -0.4 is 10.6 Å². The van der Waals surface area contributed by atoms with E-state index in [0.717, 1.165) is 5.75 Å². The number of nitrogens with zero attached hydrogens (tertiary/aromatic N) is 1. The topological polar surface area (TPSA) is 54.0 Å². The average Bonchev–Trinajstić information content (AvgIpc) is 2.29. The predicted molar refractivity (Wildman–Crippen MR) is 64.5 cm³/mol. The van der Waals surface area contributed by atoms with Gasteiger partial charge in [-0.2, -0.15) is 11.8 Å². The van der Waals surface area contributed by atoms with Crippen molar-refractivity contribution >= 4 is 23.5 Å². The Hall–Kier alpha value is -1.23. The van der Waals surface area contributed by atoms with Crippen LogP contribution in [0, 0.1) is 0 Å². The number of amides is 1. The summed E-state index contributed by atoms with van der Waals surface area (Å²) in [6, 6.07) is 5.33. The number of pyridine rings is 1. The molecule has 0 aliphatic carbocycles. The molecule has 0 atom stereocenters. The van der Waals surface area contributed by atoms with Gasteiger partial charge in [-0.15, -0.1) is 0 Å². The van der Waals surface area contributed by atoms with Crippen molar-refractivity contribution in [1.82, 2.24) is 10.3 Å². The van der Waals surface area contributed by atoms with Gasteiger partial charge in [-0.05, 0) is 18.4 Å². The summed E-state index contributed by atoms with van der Waals surface area (Å²) in [7, 11) is 1.78. The molecule has 82 valence electrons. The molecule has 1 aromatic rings. The average molecular weight is 225 g/mol. The van der Waals surface area contributed by atoms with Crippen LogP contribution in [0.4, 0.5) is 5.82 Å². The summed E-state index contributed by atoms with van der Waals surface area (Å²) in [6.45, 7) is 0.672. The van der Waals surface area contributed by atoms with Crippen LogP contribution in [-0.2, 0) is 0 Å². The molecule has 0 aliphatic heterocycles. The van der Waals surface area contributed by atoms with E-state index in [2.05, 4.69) is 15.6 Å². The van der Waals surface area contributed by atoms with Gasteiger partial charge in [0.1, 0.15) is 11.5 Å². The van der Waals surface area contributed by atoms with Gasteiger partial charge in [0, 0.05) is 19.3 Å². The van der Waals surface area contributed by atoms with Crippen molar-refractivity contribution in [3.05, 3.63) is 23.9 Å². The molecule has 1 rings (SSSR count). The third kappa shape index (κ3) is 3.79. The molecule has 0 aliphatic rings. The highest BCUT2D eigenvalue weighted by molar-refractivity contribution is 7.98. The van der Waals surface area contributed by atoms with Crippen molar-refractivity contribution in [2.24, 2.45) is 0 Å². The minimum absolute atomic E-state index is 0.124. The Kier molecular flexibility index (Phi) is 4.97. The normalized spacial score (nSPS) is 9.73. The Labute approximate surface area is 93.9 Å². The molecule has 1 amide bonds. The maximum Gasteiger partial charge on any atom is 0.269 e. The van der Waals surface area contributed by atoms with Crippen LogP contribution in [0.3, 0.4) is 0 Å². The number of carbonyl (C=O) groups is 1. The van der Waals surface area contributed by atoms with Gasteiger partial charge in [0.2, 0.25) is 0 Å². The quantitative estimate of drug-likeness (QED) is 0.740. The molecule has 0 spiro atoms. The van der Waals surface area contributed by atoms with Crippen LogP contribution in [0.5, 0.6) is 0 Å². The summed E-state index contributed by atoms with van der Waals surface area (Å²) in [5, 5.41) is 5.70. The fourth-order valence-corrected chi connectivity index (χ4v) is 1.36. The van der Waals surface area contributed by atoms with Gasteiger partial charge in [-0.1, -0.05) is 6.07 Å². The molecule has 0 saturated heterocycles. The van der Waals surface area contributed by atoms with Gasteiger partial charge in [-0.25, -0.2) is 4.98 Å². The van der Waals surface area contributed by atoms with Gasteiger partial charge < -0.3 is 10.6 Å². The van der Waals surface area contributed by atoms with E-state index in [0.29, 0.717) is 18.1 Å². The lowest BCUT2D eigenvalue weighted by Gasteiger charge is -2.04. The van der Waals surface area contributed by atoms with Crippen molar-refractivity contribution in [3.63, 3.8) is 0 Å². The summed E-state index contributed by atoms with van der Waals surface area (Å²) in [6.07, 6.45) is 2.01. The second kappa shape index (κ2) is 6.29. The number of nitrogens with one attached hydrogen (secondary N) is 2. The van der Waals surface area contributed by atoms with E-state index in [1.54, 1.807) is 24.9 Å². The first-order valence-electron chi connectivity index (χ1n) is 4.70. The van der Waals surface area contributed by atoms with Crippen LogP contribution in [0.15, 0.2) is 18.2 Å². The van der Waals surface area contributed by atoms with E-state index in [1.165, 1.54) is 0 Å². The molecule has 0 aromatic carbocycles. The summed E-state index contributed by atoms with van der Waals surface area (Å²) in [5.74, 6) is 1.49. The molecular weight excluding hydrogens is 210 g/mol. The first-order valence-corrected chi connectivity index (χ1v) is 6.09. The molecule has 0 fully saturated rings. The molecule has 15 heavy (non-hydrogen) atoms. The van der Waals surface area contributed by atoms with Gasteiger partial charge in [-0.3, -0.25) is 4.79 Å². The Morgan fingerprint density at radius 2 is 2.33 bits per heavy atom. The van der Waals surface area contributed by atoms with Gasteiger partial charge in [0.25, 0.3) is 5.91 Å². The molecule has 2 N–H and O–H groups in total. The zero-order valence-electron chi connectivity index (χ0n) is 8.91. The van der Waals surface area contributed by atoms with E-state index < -0.39 is 0 Å². The van der Waals surface area contributed by atoms with Crippen molar-refractivity contribution in [3.8, 4) is 0 Å². The molecule has 0 radical (unpaired) electrons. The number of hydrogen-bond acceptors (Lipinski definition) is 4. The zero-order valence-corrected chi connectivity index (χ0v) is 9.73.